The molecule has 5 nitrogen and oxygen atoms in total. The summed E-state index contributed by atoms with van der Waals surface area (Å²) < 4.78 is 0. The summed E-state index contributed by atoms with van der Waals surface area (Å²) in [7, 11) is 2.00. The van der Waals surface area contributed by atoms with E-state index in [4.69, 9.17) is 0 Å². The number of hydrogen-bond acceptors (Lipinski definition) is 4. The van der Waals surface area contributed by atoms with Gasteiger partial charge in [0.2, 0.25) is 0 Å². The Hall–Kier alpha value is -1.62. The van der Waals surface area contributed by atoms with Gasteiger partial charge < -0.3 is 15.3 Å². The van der Waals surface area contributed by atoms with Gasteiger partial charge in [-0.05, 0) is 37.8 Å². The molecule has 5 heteroatoms. The first-order chi connectivity index (χ1) is 9.10. The van der Waals surface area contributed by atoms with Crippen molar-refractivity contribution < 1.29 is 9.90 Å². The second kappa shape index (κ2) is 6.02. The van der Waals surface area contributed by atoms with Crippen LogP contribution < -0.4 is 10.2 Å². The molecule has 1 aromatic heterocycles. The van der Waals surface area contributed by atoms with Crippen molar-refractivity contribution in [2.24, 2.45) is 5.92 Å². The molecule has 1 aromatic rings. The van der Waals surface area contributed by atoms with Crippen molar-refractivity contribution in [3.05, 3.63) is 24.0 Å². The zero-order chi connectivity index (χ0) is 13.8. The van der Waals surface area contributed by atoms with Crippen molar-refractivity contribution in [3.63, 3.8) is 0 Å². The third kappa shape index (κ3) is 3.44. The van der Waals surface area contributed by atoms with Crippen LogP contribution in [0.1, 0.15) is 30.3 Å². The summed E-state index contributed by atoms with van der Waals surface area (Å²) in [4.78, 5) is 17.9. The number of nitrogens with one attached hydrogen (secondary N) is 1. The van der Waals surface area contributed by atoms with Gasteiger partial charge in [-0.25, -0.2) is 0 Å². The molecule has 1 heterocycles. The molecule has 104 valence electrons. The van der Waals surface area contributed by atoms with Gasteiger partial charge in [-0.3, -0.25) is 9.78 Å². The lowest BCUT2D eigenvalue weighted by Crippen LogP contribution is -2.37. The Bertz CT molecular complexity index is 444. The first-order valence-electron chi connectivity index (χ1n) is 6.73. The fraction of sp³-hybridized carbons (Fsp3) is 0.571. The molecule has 0 bridgehead atoms. The number of carbonyl (C=O) groups excluding carboxylic acids is 1. The second-order valence-corrected chi connectivity index (χ2v) is 5.13. The van der Waals surface area contributed by atoms with Crippen LogP contribution in [0.4, 0.5) is 5.69 Å². The lowest BCUT2D eigenvalue weighted by molar-refractivity contribution is 0.0465. The largest absolute Gasteiger partial charge is 0.393 e. The number of aliphatic hydroxyl groups excluding tert-OH is 1. The standard InChI is InChI=1S/C14H21N3O2/c1-3-15-14(19)13-8-11(4-5-16-13)17(2)9-10-6-12(18)7-10/h4-5,8,10,12,18H,3,6-7,9H2,1-2H3,(H,15,19). The van der Waals surface area contributed by atoms with Crippen molar-refractivity contribution in [3.8, 4) is 0 Å². The third-order valence-corrected chi connectivity index (χ3v) is 3.50. The highest BCUT2D eigenvalue weighted by Crippen LogP contribution is 2.29. The zero-order valence-electron chi connectivity index (χ0n) is 11.5. The van der Waals surface area contributed by atoms with Crippen LogP contribution >= 0.6 is 0 Å². The minimum Gasteiger partial charge on any atom is -0.393 e. The Balaban J connectivity index is 1.99. The Labute approximate surface area is 113 Å². The molecular formula is C14H21N3O2. The average molecular weight is 263 g/mol. The summed E-state index contributed by atoms with van der Waals surface area (Å²) in [6.07, 6.45) is 3.28. The molecule has 0 unspecified atom stereocenters. The van der Waals surface area contributed by atoms with Crippen molar-refractivity contribution in [2.45, 2.75) is 25.9 Å². The molecule has 0 atom stereocenters. The molecule has 1 aliphatic rings. The van der Waals surface area contributed by atoms with Crippen LogP contribution in [0.25, 0.3) is 0 Å². The van der Waals surface area contributed by atoms with Crippen LogP contribution in [0, 0.1) is 5.92 Å². The number of pyridine rings is 1. The molecular weight excluding hydrogens is 242 g/mol. The topological polar surface area (TPSA) is 65.5 Å². The molecule has 0 aliphatic heterocycles. The Morgan fingerprint density at radius 3 is 2.95 bits per heavy atom. The highest BCUT2D eigenvalue weighted by atomic mass is 16.3. The molecule has 0 radical (unpaired) electrons. The van der Waals surface area contributed by atoms with Gasteiger partial charge in [0.1, 0.15) is 5.69 Å². The monoisotopic (exact) mass is 263 g/mol. The van der Waals surface area contributed by atoms with Crippen LogP contribution in [0.15, 0.2) is 18.3 Å². The number of carbonyl (C=O) groups is 1. The van der Waals surface area contributed by atoms with Crippen molar-refractivity contribution in [2.75, 3.05) is 25.0 Å². The van der Waals surface area contributed by atoms with Gasteiger partial charge in [-0.1, -0.05) is 0 Å². The number of nitrogens with zero attached hydrogens (tertiary/aromatic N) is 2. The van der Waals surface area contributed by atoms with Crippen molar-refractivity contribution in [1.82, 2.24) is 10.3 Å². The van der Waals surface area contributed by atoms with Crippen LogP contribution in [0.3, 0.4) is 0 Å². The molecule has 1 amide bonds. The van der Waals surface area contributed by atoms with E-state index in [0.717, 1.165) is 25.1 Å². The summed E-state index contributed by atoms with van der Waals surface area (Å²) in [5.41, 5.74) is 1.43. The molecule has 1 aliphatic carbocycles. The van der Waals surface area contributed by atoms with Crippen molar-refractivity contribution in [1.29, 1.82) is 0 Å². The van der Waals surface area contributed by atoms with E-state index >= 15 is 0 Å². The maximum Gasteiger partial charge on any atom is 0.269 e. The maximum absolute atomic E-state index is 11.7. The molecule has 0 saturated heterocycles. The molecule has 2 rings (SSSR count). The number of rotatable bonds is 5. The van der Waals surface area contributed by atoms with E-state index in [2.05, 4.69) is 15.2 Å². The van der Waals surface area contributed by atoms with Crippen molar-refractivity contribution >= 4 is 11.6 Å². The zero-order valence-corrected chi connectivity index (χ0v) is 11.5. The van der Waals surface area contributed by atoms with Crippen LogP contribution in [-0.2, 0) is 0 Å². The summed E-state index contributed by atoms with van der Waals surface area (Å²) in [6, 6.07) is 3.71. The van der Waals surface area contributed by atoms with Gasteiger partial charge in [0.05, 0.1) is 6.10 Å². The summed E-state index contributed by atoms with van der Waals surface area (Å²) in [5.74, 6) is 0.401. The normalized spacial score (nSPS) is 21.6. The summed E-state index contributed by atoms with van der Waals surface area (Å²) >= 11 is 0. The van der Waals surface area contributed by atoms with Crippen LogP contribution in [0.2, 0.25) is 0 Å². The number of aliphatic hydroxyl groups is 1. The predicted molar refractivity (Wildman–Crippen MR) is 74.2 cm³/mol. The van der Waals surface area contributed by atoms with Gasteiger partial charge in [-0.15, -0.1) is 0 Å². The highest BCUT2D eigenvalue weighted by molar-refractivity contribution is 5.93. The Morgan fingerprint density at radius 1 is 1.58 bits per heavy atom. The highest BCUT2D eigenvalue weighted by Gasteiger charge is 2.28. The Morgan fingerprint density at radius 2 is 2.32 bits per heavy atom. The summed E-state index contributed by atoms with van der Waals surface area (Å²) in [6.45, 7) is 3.38. The van der Waals surface area contributed by atoms with E-state index in [9.17, 15) is 9.90 Å². The van der Waals surface area contributed by atoms with Gasteiger partial charge in [0.25, 0.3) is 5.91 Å². The minimum atomic E-state index is -0.142. The molecule has 1 saturated carbocycles. The average Bonchev–Trinajstić information content (AvgIpc) is 2.37. The van der Waals surface area contributed by atoms with Crippen LogP contribution in [0.5, 0.6) is 0 Å². The van der Waals surface area contributed by atoms with Gasteiger partial charge >= 0.3 is 0 Å². The van der Waals surface area contributed by atoms with E-state index in [1.54, 1.807) is 12.3 Å². The number of hydrogen-bond donors (Lipinski definition) is 2. The lowest BCUT2D eigenvalue weighted by Gasteiger charge is -2.35. The fourth-order valence-electron chi connectivity index (χ4n) is 2.37. The van der Waals surface area contributed by atoms with Gasteiger partial charge in [-0.2, -0.15) is 0 Å². The van der Waals surface area contributed by atoms with E-state index in [1.807, 2.05) is 20.0 Å². The molecule has 2 N–H and O–H groups in total. The number of aromatic nitrogens is 1. The molecule has 0 spiro atoms. The number of anilines is 1. The molecule has 0 aromatic carbocycles. The lowest BCUT2D eigenvalue weighted by atomic mass is 9.82. The van der Waals surface area contributed by atoms with Gasteiger partial charge in [0, 0.05) is 32.0 Å². The molecule has 19 heavy (non-hydrogen) atoms. The van der Waals surface area contributed by atoms with E-state index in [1.165, 1.54) is 0 Å². The fourth-order valence-corrected chi connectivity index (χ4v) is 2.37. The predicted octanol–water partition coefficient (Wildman–Crippen LogP) is 1.04. The maximum atomic E-state index is 11.7. The van der Waals surface area contributed by atoms with E-state index in [0.29, 0.717) is 18.2 Å². The first kappa shape index (κ1) is 13.8. The quantitative estimate of drug-likeness (QED) is 0.833. The van der Waals surface area contributed by atoms with Crippen LogP contribution in [-0.4, -0.2) is 42.2 Å². The Kier molecular flexibility index (Phi) is 4.37. The SMILES string of the molecule is CCNC(=O)c1cc(N(C)CC2CC(O)C2)ccn1. The van der Waals surface area contributed by atoms with E-state index in [-0.39, 0.29) is 12.0 Å². The second-order valence-electron chi connectivity index (χ2n) is 5.13. The summed E-state index contributed by atoms with van der Waals surface area (Å²) in [5, 5.41) is 12.0. The van der Waals surface area contributed by atoms with E-state index < -0.39 is 0 Å². The molecule has 1 fully saturated rings. The third-order valence-electron chi connectivity index (χ3n) is 3.50. The smallest absolute Gasteiger partial charge is 0.269 e. The first-order valence-corrected chi connectivity index (χ1v) is 6.73. The number of amides is 1. The minimum absolute atomic E-state index is 0.123. The van der Waals surface area contributed by atoms with Gasteiger partial charge in [0.15, 0.2) is 0 Å².